The van der Waals surface area contributed by atoms with Crippen LogP contribution in [0.15, 0.2) is 5.03 Å². The second-order valence-electron chi connectivity index (χ2n) is 2.80. The number of hydrogen-bond donors (Lipinski definition) is 0. The van der Waals surface area contributed by atoms with Gasteiger partial charge in [-0.1, -0.05) is 0 Å². The molecule has 0 bridgehead atoms. The topological polar surface area (TPSA) is 12.9 Å². The summed E-state index contributed by atoms with van der Waals surface area (Å²) in [7, 11) is 0. The Morgan fingerprint density at radius 2 is 2.18 bits per heavy atom. The molecule has 0 spiro atoms. The summed E-state index contributed by atoms with van der Waals surface area (Å²) in [5.41, 5.74) is 1.55. The SMILES string of the molecule is CSc1nsc2c1CCCC2. The van der Waals surface area contributed by atoms with Crippen molar-refractivity contribution in [3.05, 3.63) is 10.4 Å². The van der Waals surface area contributed by atoms with Gasteiger partial charge < -0.3 is 0 Å². The summed E-state index contributed by atoms with van der Waals surface area (Å²) >= 11 is 3.50. The van der Waals surface area contributed by atoms with Gasteiger partial charge >= 0.3 is 0 Å². The molecular weight excluding hydrogens is 174 g/mol. The van der Waals surface area contributed by atoms with E-state index in [2.05, 4.69) is 10.6 Å². The summed E-state index contributed by atoms with van der Waals surface area (Å²) in [5.74, 6) is 0. The quantitative estimate of drug-likeness (QED) is 0.624. The predicted octanol–water partition coefficient (Wildman–Crippen LogP) is 2.74. The van der Waals surface area contributed by atoms with Crippen LogP contribution in [-0.2, 0) is 12.8 Å². The van der Waals surface area contributed by atoms with Gasteiger partial charge in [0.25, 0.3) is 0 Å². The third-order valence-corrected chi connectivity index (χ3v) is 3.89. The van der Waals surface area contributed by atoms with Crippen molar-refractivity contribution in [3.63, 3.8) is 0 Å². The molecule has 0 atom stereocenters. The van der Waals surface area contributed by atoms with Crippen LogP contribution in [0, 0.1) is 0 Å². The van der Waals surface area contributed by atoms with Gasteiger partial charge in [-0.3, -0.25) is 0 Å². The third-order valence-electron chi connectivity index (χ3n) is 2.11. The molecule has 0 saturated carbocycles. The minimum absolute atomic E-state index is 1.27. The summed E-state index contributed by atoms with van der Waals surface area (Å²) < 4.78 is 4.42. The molecular formula is C8H11NS2. The molecule has 60 valence electrons. The number of nitrogens with zero attached hydrogens (tertiary/aromatic N) is 1. The fourth-order valence-electron chi connectivity index (χ4n) is 1.52. The molecule has 0 radical (unpaired) electrons. The first kappa shape index (κ1) is 7.62. The average molecular weight is 185 g/mol. The highest BCUT2D eigenvalue weighted by molar-refractivity contribution is 7.98. The summed E-state index contributed by atoms with van der Waals surface area (Å²) in [4.78, 5) is 1.54. The third kappa shape index (κ3) is 1.32. The second-order valence-corrected chi connectivity index (χ2v) is 4.45. The first-order valence-corrected chi connectivity index (χ1v) is 5.93. The molecule has 0 aliphatic heterocycles. The molecule has 1 aliphatic rings. The monoisotopic (exact) mass is 185 g/mol. The minimum atomic E-state index is 1.27. The van der Waals surface area contributed by atoms with Gasteiger partial charge in [0.1, 0.15) is 5.03 Å². The highest BCUT2D eigenvalue weighted by Gasteiger charge is 2.15. The fraction of sp³-hybridized carbons (Fsp3) is 0.625. The van der Waals surface area contributed by atoms with Crippen LogP contribution < -0.4 is 0 Å². The molecule has 3 heteroatoms. The Bertz CT molecular complexity index is 241. The molecule has 0 N–H and O–H groups in total. The number of hydrogen-bond acceptors (Lipinski definition) is 3. The molecule has 0 fully saturated rings. The summed E-state index contributed by atoms with van der Waals surface area (Å²) in [6.45, 7) is 0. The van der Waals surface area contributed by atoms with E-state index in [0.29, 0.717) is 0 Å². The van der Waals surface area contributed by atoms with Crippen molar-refractivity contribution in [1.82, 2.24) is 4.37 Å². The van der Waals surface area contributed by atoms with Gasteiger partial charge in [-0.15, -0.1) is 11.8 Å². The largest absolute Gasteiger partial charge is 0.186 e. The Hall–Kier alpha value is -0.0200. The lowest BCUT2D eigenvalue weighted by Gasteiger charge is -2.09. The van der Waals surface area contributed by atoms with Crippen molar-refractivity contribution >= 4 is 23.3 Å². The summed E-state index contributed by atoms with van der Waals surface area (Å²) in [6, 6.07) is 0. The maximum absolute atomic E-state index is 4.42. The molecule has 1 aromatic heterocycles. The lowest BCUT2D eigenvalue weighted by molar-refractivity contribution is 0.686. The number of fused-ring (bicyclic) bond motifs is 1. The molecule has 2 rings (SSSR count). The molecule has 1 nitrogen and oxygen atoms in total. The van der Waals surface area contributed by atoms with Gasteiger partial charge in [0.2, 0.25) is 0 Å². The molecule has 11 heavy (non-hydrogen) atoms. The van der Waals surface area contributed by atoms with Gasteiger partial charge in [-0.2, -0.15) is 4.37 Å². The van der Waals surface area contributed by atoms with Crippen LogP contribution in [-0.4, -0.2) is 10.6 Å². The summed E-state index contributed by atoms with van der Waals surface area (Å²) in [5, 5.41) is 1.28. The first-order valence-electron chi connectivity index (χ1n) is 3.93. The van der Waals surface area contributed by atoms with Crippen molar-refractivity contribution in [2.45, 2.75) is 30.7 Å². The summed E-state index contributed by atoms with van der Waals surface area (Å²) in [6.07, 6.45) is 7.38. The van der Waals surface area contributed by atoms with Crippen LogP contribution in [0.4, 0.5) is 0 Å². The normalized spacial score (nSPS) is 16.5. The van der Waals surface area contributed by atoms with Crippen LogP contribution in [0.25, 0.3) is 0 Å². The molecule has 1 aliphatic carbocycles. The van der Waals surface area contributed by atoms with Gasteiger partial charge in [-0.05, 0) is 43.5 Å². The van der Waals surface area contributed by atoms with Crippen LogP contribution >= 0.6 is 23.3 Å². The molecule has 0 unspecified atom stereocenters. The number of aryl methyl sites for hydroxylation is 1. The minimum Gasteiger partial charge on any atom is -0.186 e. The Morgan fingerprint density at radius 3 is 3.00 bits per heavy atom. The van der Waals surface area contributed by atoms with Gasteiger partial charge in [-0.25, -0.2) is 0 Å². The van der Waals surface area contributed by atoms with Crippen molar-refractivity contribution in [3.8, 4) is 0 Å². The van der Waals surface area contributed by atoms with E-state index in [-0.39, 0.29) is 0 Å². The van der Waals surface area contributed by atoms with Gasteiger partial charge in [0.05, 0.1) is 0 Å². The van der Waals surface area contributed by atoms with E-state index in [0.717, 1.165) is 0 Å². The number of thioether (sulfide) groups is 1. The highest BCUT2D eigenvalue weighted by atomic mass is 32.2. The Morgan fingerprint density at radius 1 is 1.36 bits per heavy atom. The van der Waals surface area contributed by atoms with E-state index in [4.69, 9.17) is 0 Å². The molecule has 1 heterocycles. The zero-order valence-electron chi connectivity index (χ0n) is 6.59. The second kappa shape index (κ2) is 3.15. The van der Waals surface area contributed by atoms with Crippen molar-refractivity contribution in [1.29, 1.82) is 0 Å². The van der Waals surface area contributed by atoms with Crippen LogP contribution in [0.3, 0.4) is 0 Å². The molecule has 0 aromatic carbocycles. The maximum atomic E-state index is 4.42. The van der Waals surface area contributed by atoms with E-state index in [1.807, 2.05) is 0 Å². The number of rotatable bonds is 1. The Balaban J connectivity index is 2.38. The lowest BCUT2D eigenvalue weighted by atomic mass is 10.0. The van der Waals surface area contributed by atoms with Crippen molar-refractivity contribution in [2.75, 3.05) is 6.26 Å². The standard InChI is InChI=1S/C8H11NS2/c1-10-8-6-4-2-3-5-7(6)11-9-8/h2-5H2,1H3. The Labute approximate surface area is 75.4 Å². The Kier molecular flexibility index (Phi) is 2.18. The van der Waals surface area contributed by atoms with E-state index < -0.39 is 0 Å². The van der Waals surface area contributed by atoms with Crippen LogP contribution in [0.1, 0.15) is 23.3 Å². The van der Waals surface area contributed by atoms with Crippen molar-refractivity contribution in [2.24, 2.45) is 0 Å². The molecule has 0 amide bonds. The fourth-order valence-corrected chi connectivity index (χ4v) is 3.31. The van der Waals surface area contributed by atoms with E-state index in [9.17, 15) is 0 Å². The zero-order valence-corrected chi connectivity index (χ0v) is 8.23. The smallest absolute Gasteiger partial charge is 0.113 e. The van der Waals surface area contributed by atoms with E-state index >= 15 is 0 Å². The zero-order chi connectivity index (χ0) is 7.68. The molecule has 1 aromatic rings. The lowest BCUT2D eigenvalue weighted by Crippen LogP contribution is -1.98. The van der Waals surface area contributed by atoms with Crippen molar-refractivity contribution < 1.29 is 0 Å². The van der Waals surface area contributed by atoms with E-state index in [1.165, 1.54) is 30.7 Å². The van der Waals surface area contributed by atoms with E-state index in [1.54, 1.807) is 33.7 Å². The van der Waals surface area contributed by atoms with Crippen LogP contribution in [0.5, 0.6) is 0 Å². The first-order chi connectivity index (χ1) is 5.42. The highest BCUT2D eigenvalue weighted by Crippen LogP contribution is 2.31. The van der Waals surface area contributed by atoms with Crippen LogP contribution in [0.2, 0.25) is 0 Å². The maximum Gasteiger partial charge on any atom is 0.113 e. The number of aromatic nitrogens is 1. The average Bonchev–Trinajstić information content (AvgIpc) is 2.47. The predicted molar refractivity (Wildman–Crippen MR) is 50.5 cm³/mol. The van der Waals surface area contributed by atoms with Gasteiger partial charge in [0, 0.05) is 10.4 Å². The molecule has 0 saturated heterocycles. The van der Waals surface area contributed by atoms with Gasteiger partial charge in [0.15, 0.2) is 0 Å².